The normalized spacial score (nSPS) is 11.1. The molecule has 5 heteroatoms. The lowest BCUT2D eigenvalue weighted by molar-refractivity contribution is 0.363. The third-order valence-corrected chi connectivity index (χ3v) is 3.77. The van der Waals surface area contributed by atoms with Crippen molar-refractivity contribution in [2.45, 2.75) is 38.5 Å². The third kappa shape index (κ3) is 3.98. The summed E-state index contributed by atoms with van der Waals surface area (Å²) >= 11 is 0. The first-order chi connectivity index (χ1) is 8.77. The van der Waals surface area contributed by atoms with Gasteiger partial charge in [0.2, 0.25) is 10.0 Å². The average Bonchev–Trinajstić information content (AvgIpc) is 2.27. The van der Waals surface area contributed by atoms with Crippen molar-refractivity contribution in [2.75, 3.05) is 6.61 Å². The second-order valence-corrected chi connectivity index (χ2v) is 6.10. The minimum atomic E-state index is -3.71. The van der Waals surface area contributed by atoms with Gasteiger partial charge in [0.1, 0.15) is 12.4 Å². The fourth-order valence-electron chi connectivity index (χ4n) is 1.75. The van der Waals surface area contributed by atoms with E-state index in [-0.39, 0.29) is 17.4 Å². The van der Waals surface area contributed by atoms with Crippen LogP contribution < -0.4 is 9.88 Å². The van der Waals surface area contributed by atoms with E-state index in [1.165, 1.54) is 0 Å². The second kappa shape index (κ2) is 6.09. The van der Waals surface area contributed by atoms with Gasteiger partial charge >= 0.3 is 0 Å². The van der Waals surface area contributed by atoms with Crippen LogP contribution in [0, 0.1) is 18.8 Å². The van der Waals surface area contributed by atoms with Gasteiger partial charge < -0.3 is 4.74 Å². The Kier molecular flexibility index (Phi) is 4.98. The van der Waals surface area contributed by atoms with Gasteiger partial charge in [-0.1, -0.05) is 19.8 Å². The highest BCUT2D eigenvalue weighted by molar-refractivity contribution is 7.89. The Bertz CT molecular complexity index is 622. The van der Waals surface area contributed by atoms with E-state index in [9.17, 15) is 8.42 Å². The Morgan fingerprint density at radius 2 is 2.00 bits per heavy atom. The van der Waals surface area contributed by atoms with E-state index in [0.717, 1.165) is 5.56 Å². The van der Waals surface area contributed by atoms with Crippen molar-refractivity contribution in [3.63, 3.8) is 0 Å². The molecule has 0 heterocycles. The summed E-state index contributed by atoms with van der Waals surface area (Å²) in [6.45, 7) is 7.65. The Morgan fingerprint density at radius 3 is 2.47 bits per heavy atom. The molecule has 19 heavy (non-hydrogen) atoms. The highest BCUT2D eigenvalue weighted by Gasteiger charge is 2.17. The zero-order valence-corrected chi connectivity index (χ0v) is 12.5. The van der Waals surface area contributed by atoms with E-state index in [1.54, 1.807) is 26.0 Å². The topological polar surface area (TPSA) is 69.4 Å². The molecule has 4 nitrogen and oxygen atoms in total. The van der Waals surface area contributed by atoms with Gasteiger partial charge in [-0.2, -0.15) is 0 Å². The molecule has 0 unspecified atom stereocenters. The SMILES string of the molecule is CC#CCOc1cc(C)c(S(N)(=O)=O)cc1C(C)C. The first-order valence-corrected chi connectivity index (χ1v) is 7.51. The predicted molar refractivity (Wildman–Crippen MR) is 75.6 cm³/mol. The van der Waals surface area contributed by atoms with Gasteiger partial charge in [-0.05, 0) is 43.0 Å². The van der Waals surface area contributed by atoms with Crippen LogP contribution in [0.4, 0.5) is 0 Å². The fraction of sp³-hybridized carbons (Fsp3) is 0.429. The number of rotatable bonds is 4. The maximum absolute atomic E-state index is 11.5. The Morgan fingerprint density at radius 1 is 1.37 bits per heavy atom. The highest BCUT2D eigenvalue weighted by atomic mass is 32.2. The summed E-state index contributed by atoms with van der Waals surface area (Å²) in [5, 5.41) is 5.21. The number of aryl methyl sites for hydroxylation is 1. The zero-order chi connectivity index (χ0) is 14.6. The van der Waals surface area contributed by atoms with Gasteiger partial charge in [0, 0.05) is 0 Å². The summed E-state index contributed by atoms with van der Waals surface area (Å²) in [6, 6.07) is 3.29. The molecule has 0 saturated carbocycles. The molecule has 0 aliphatic carbocycles. The van der Waals surface area contributed by atoms with E-state index in [4.69, 9.17) is 9.88 Å². The molecule has 0 amide bonds. The molecule has 1 aromatic carbocycles. The maximum Gasteiger partial charge on any atom is 0.238 e. The molecule has 2 N–H and O–H groups in total. The lowest BCUT2D eigenvalue weighted by Gasteiger charge is -2.16. The quantitative estimate of drug-likeness (QED) is 0.860. The van der Waals surface area contributed by atoms with Crippen molar-refractivity contribution in [2.24, 2.45) is 5.14 Å². The molecule has 0 saturated heterocycles. The molecule has 0 fully saturated rings. The number of primary sulfonamides is 1. The summed E-state index contributed by atoms with van der Waals surface area (Å²) in [7, 11) is -3.71. The van der Waals surface area contributed by atoms with E-state index in [2.05, 4.69) is 11.8 Å². The van der Waals surface area contributed by atoms with Crippen LogP contribution in [0.3, 0.4) is 0 Å². The average molecular weight is 281 g/mol. The third-order valence-electron chi connectivity index (χ3n) is 2.71. The van der Waals surface area contributed by atoms with Crippen molar-refractivity contribution in [1.29, 1.82) is 0 Å². The van der Waals surface area contributed by atoms with Crippen LogP contribution in [0.1, 0.15) is 37.8 Å². The first kappa shape index (κ1) is 15.5. The number of sulfonamides is 1. The van der Waals surface area contributed by atoms with Crippen molar-refractivity contribution >= 4 is 10.0 Å². The lowest BCUT2D eigenvalue weighted by Crippen LogP contribution is -2.15. The molecule has 0 aromatic heterocycles. The van der Waals surface area contributed by atoms with Crippen LogP contribution >= 0.6 is 0 Å². The number of benzene rings is 1. The number of nitrogens with two attached hydrogens (primary N) is 1. The van der Waals surface area contributed by atoms with Crippen LogP contribution in [0.25, 0.3) is 0 Å². The van der Waals surface area contributed by atoms with E-state index >= 15 is 0 Å². The predicted octanol–water partition coefficient (Wildman–Crippen LogP) is 2.17. The largest absolute Gasteiger partial charge is 0.481 e. The van der Waals surface area contributed by atoms with Crippen molar-refractivity contribution in [1.82, 2.24) is 0 Å². The lowest BCUT2D eigenvalue weighted by atomic mass is 10.0. The summed E-state index contributed by atoms with van der Waals surface area (Å²) in [5.74, 6) is 6.34. The fourth-order valence-corrected chi connectivity index (χ4v) is 2.54. The number of hydrogen-bond donors (Lipinski definition) is 1. The van der Waals surface area contributed by atoms with E-state index < -0.39 is 10.0 Å². The molecular weight excluding hydrogens is 262 g/mol. The Labute approximate surface area is 115 Å². The van der Waals surface area contributed by atoms with Crippen LogP contribution in [0.15, 0.2) is 17.0 Å². The second-order valence-electron chi connectivity index (χ2n) is 4.57. The van der Waals surface area contributed by atoms with E-state index in [1.807, 2.05) is 13.8 Å². The molecule has 104 valence electrons. The smallest absolute Gasteiger partial charge is 0.238 e. The van der Waals surface area contributed by atoms with Gasteiger partial charge in [0.15, 0.2) is 0 Å². The minimum absolute atomic E-state index is 0.130. The molecular formula is C14H19NO3S. The first-order valence-electron chi connectivity index (χ1n) is 5.97. The van der Waals surface area contributed by atoms with Gasteiger partial charge in [-0.25, -0.2) is 13.6 Å². The maximum atomic E-state index is 11.5. The van der Waals surface area contributed by atoms with Crippen LogP contribution in [-0.2, 0) is 10.0 Å². The summed E-state index contributed by atoms with van der Waals surface area (Å²) in [5.41, 5.74) is 1.39. The van der Waals surface area contributed by atoms with Gasteiger partial charge in [0.05, 0.1) is 4.90 Å². The Hall–Kier alpha value is -1.51. The van der Waals surface area contributed by atoms with Crippen molar-refractivity contribution in [3.8, 4) is 17.6 Å². The molecule has 0 radical (unpaired) electrons. The van der Waals surface area contributed by atoms with Gasteiger partial charge in [0.25, 0.3) is 0 Å². The summed E-state index contributed by atoms with van der Waals surface area (Å²) in [6.07, 6.45) is 0. The molecule has 0 aliphatic heterocycles. The standard InChI is InChI=1S/C14H19NO3S/c1-5-6-7-18-13-8-11(4)14(19(15,16)17)9-12(13)10(2)3/h8-10H,7H2,1-4H3,(H2,15,16,17). The van der Waals surface area contributed by atoms with Gasteiger partial charge in [-0.15, -0.1) is 5.92 Å². The van der Waals surface area contributed by atoms with Crippen molar-refractivity contribution < 1.29 is 13.2 Å². The minimum Gasteiger partial charge on any atom is -0.481 e. The van der Waals surface area contributed by atoms with Crippen molar-refractivity contribution in [3.05, 3.63) is 23.3 Å². The molecule has 1 rings (SSSR count). The Balaban J connectivity index is 3.32. The summed E-state index contributed by atoms with van der Waals surface area (Å²) < 4.78 is 28.6. The molecule has 1 aromatic rings. The highest BCUT2D eigenvalue weighted by Crippen LogP contribution is 2.31. The van der Waals surface area contributed by atoms with Gasteiger partial charge in [-0.3, -0.25) is 0 Å². The summed E-state index contributed by atoms with van der Waals surface area (Å²) in [4.78, 5) is 0.144. The number of ether oxygens (including phenoxy) is 1. The molecule has 0 aliphatic rings. The van der Waals surface area contributed by atoms with Crippen LogP contribution in [-0.4, -0.2) is 15.0 Å². The zero-order valence-electron chi connectivity index (χ0n) is 11.6. The van der Waals surface area contributed by atoms with Crippen LogP contribution in [0.2, 0.25) is 0 Å². The number of hydrogen-bond acceptors (Lipinski definition) is 3. The molecule has 0 atom stereocenters. The molecule has 0 spiro atoms. The van der Waals surface area contributed by atoms with Crippen LogP contribution in [0.5, 0.6) is 5.75 Å². The molecule has 0 bridgehead atoms. The van der Waals surface area contributed by atoms with E-state index in [0.29, 0.717) is 11.3 Å². The monoisotopic (exact) mass is 281 g/mol.